The van der Waals surface area contributed by atoms with Crippen LogP contribution in [0.5, 0.6) is 11.5 Å². The van der Waals surface area contributed by atoms with Crippen molar-refractivity contribution in [3.8, 4) is 11.5 Å². The molecule has 2 heteroatoms. The average molecular weight is 328 g/mol. The van der Waals surface area contributed by atoms with E-state index < -0.39 is 0 Å². The highest BCUT2D eigenvalue weighted by Gasteiger charge is 2.45. The van der Waals surface area contributed by atoms with Gasteiger partial charge in [-0.3, -0.25) is 0 Å². The van der Waals surface area contributed by atoms with Crippen molar-refractivity contribution in [3.05, 3.63) is 34.9 Å². The van der Waals surface area contributed by atoms with Crippen LogP contribution >= 0.6 is 0 Å². The van der Waals surface area contributed by atoms with Crippen LogP contribution in [0.15, 0.2) is 23.8 Å². The largest absolute Gasteiger partial charge is 0.508 e. The fraction of sp³-hybridized carbons (Fsp3) is 0.636. The normalized spacial score (nSPS) is 26.0. The predicted octanol–water partition coefficient (Wildman–Crippen LogP) is 5.98. The van der Waals surface area contributed by atoms with Crippen LogP contribution in [0, 0.1) is 11.8 Å². The first-order chi connectivity index (χ1) is 11.3. The molecule has 3 rings (SSSR count). The molecule has 3 atom stereocenters. The van der Waals surface area contributed by atoms with Gasteiger partial charge in [-0.2, -0.15) is 0 Å². The molecule has 0 amide bonds. The quantitative estimate of drug-likeness (QED) is 0.689. The van der Waals surface area contributed by atoms with E-state index in [0.717, 1.165) is 42.9 Å². The van der Waals surface area contributed by atoms with Crippen LogP contribution in [-0.4, -0.2) is 10.7 Å². The zero-order valence-electron chi connectivity index (χ0n) is 15.9. The van der Waals surface area contributed by atoms with Crippen molar-refractivity contribution < 1.29 is 9.84 Å². The van der Waals surface area contributed by atoms with Crippen LogP contribution in [0.3, 0.4) is 0 Å². The Labute approximate surface area is 146 Å². The summed E-state index contributed by atoms with van der Waals surface area (Å²) in [6.07, 6.45) is 7.78. The first kappa shape index (κ1) is 17.4. The number of phenolic OH excluding ortho intramolecular Hbond substituents is 1. The van der Waals surface area contributed by atoms with Gasteiger partial charge >= 0.3 is 0 Å². The van der Waals surface area contributed by atoms with Crippen LogP contribution < -0.4 is 4.74 Å². The lowest BCUT2D eigenvalue weighted by Crippen LogP contribution is -2.45. The number of allylic oxidation sites excluding steroid dienone is 2. The lowest BCUT2D eigenvalue weighted by molar-refractivity contribution is 0.00752. The summed E-state index contributed by atoms with van der Waals surface area (Å²) in [4.78, 5) is 0. The maximum Gasteiger partial charge on any atom is 0.127 e. The van der Waals surface area contributed by atoms with Gasteiger partial charge in [-0.1, -0.05) is 31.9 Å². The number of hydrogen-bond donors (Lipinski definition) is 1. The number of aromatic hydroxyl groups is 1. The maximum absolute atomic E-state index is 10.8. The molecule has 0 spiro atoms. The van der Waals surface area contributed by atoms with Gasteiger partial charge in [-0.05, 0) is 70.1 Å². The molecule has 24 heavy (non-hydrogen) atoms. The highest BCUT2D eigenvalue weighted by Crippen LogP contribution is 2.54. The van der Waals surface area contributed by atoms with Crippen molar-refractivity contribution in [2.75, 3.05) is 0 Å². The highest BCUT2D eigenvalue weighted by molar-refractivity contribution is 5.52. The van der Waals surface area contributed by atoms with Crippen LogP contribution in [-0.2, 0) is 6.42 Å². The van der Waals surface area contributed by atoms with Gasteiger partial charge in [0.2, 0.25) is 0 Å². The maximum atomic E-state index is 10.8. The molecule has 1 heterocycles. The zero-order chi connectivity index (χ0) is 17.5. The van der Waals surface area contributed by atoms with Crippen molar-refractivity contribution in [3.63, 3.8) is 0 Å². The molecular formula is C22H32O2. The molecule has 2 aliphatic rings. The summed E-state index contributed by atoms with van der Waals surface area (Å²) in [6.45, 7) is 11.1. The summed E-state index contributed by atoms with van der Waals surface area (Å²) >= 11 is 0. The molecule has 0 bridgehead atoms. The van der Waals surface area contributed by atoms with E-state index in [9.17, 15) is 5.11 Å². The minimum absolute atomic E-state index is 0.184. The molecule has 0 radical (unpaired) electrons. The van der Waals surface area contributed by atoms with E-state index in [1.54, 1.807) is 0 Å². The van der Waals surface area contributed by atoms with Crippen molar-refractivity contribution >= 4 is 0 Å². The summed E-state index contributed by atoms with van der Waals surface area (Å²) in [5, 5.41) is 10.8. The summed E-state index contributed by atoms with van der Waals surface area (Å²) in [5.74, 6) is 2.88. The van der Waals surface area contributed by atoms with Crippen molar-refractivity contribution in [2.24, 2.45) is 11.8 Å². The number of fused-ring (bicyclic) bond motifs is 3. The number of rotatable bonds is 4. The Morgan fingerprint density at radius 2 is 2.08 bits per heavy atom. The molecule has 1 aliphatic carbocycles. The summed E-state index contributed by atoms with van der Waals surface area (Å²) in [7, 11) is 0. The van der Waals surface area contributed by atoms with Crippen LogP contribution in [0.2, 0.25) is 0 Å². The summed E-state index contributed by atoms with van der Waals surface area (Å²) in [5.41, 5.74) is 3.49. The Morgan fingerprint density at radius 3 is 2.79 bits per heavy atom. The van der Waals surface area contributed by atoms with E-state index in [2.05, 4.69) is 46.8 Å². The fourth-order valence-corrected chi connectivity index (χ4v) is 4.38. The molecule has 0 saturated carbocycles. The third kappa shape index (κ3) is 3.20. The van der Waals surface area contributed by atoms with Gasteiger partial charge < -0.3 is 9.84 Å². The third-order valence-corrected chi connectivity index (χ3v) is 6.19. The summed E-state index contributed by atoms with van der Waals surface area (Å²) < 4.78 is 6.39. The predicted molar refractivity (Wildman–Crippen MR) is 99.8 cm³/mol. The Bertz CT molecular complexity index is 642. The van der Waals surface area contributed by atoms with E-state index in [1.165, 1.54) is 17.6 Å². The third-order valence-electron chi connectivity index (χ3n) is 6.19. The van der Waals surface area contributed by atoms with E-state index >= 15 is 0 Å². The standard InChI is InChI=1S/C22H32O2/c1-6-14(2)7-9-16-12-19(23)21-17-11-15(3)8-10-18(17)22(4,5)24-20(21)13-16/h8,12-14,17-18,23H,6-7,9-11H2,1-5H3/t14?,17-,18-/m1/s1. The second-order valence-corrected chi connectivity index (χ2v) is 8.49. The zero-order valence-corrected chi connectivity index (χ0v) is 15.9. The number of ether oxygens (including phenoxy) is 1. The Balaban J connectivity index is 1.95. The minimum atomic E-state index is -0.184. The minimum Gasteiger partial charge on any atom is -0.508 e. The fourth-order valence-electron chi connectivity index (χ4n) is 4.38. The van der Waals surface area contributed by atoms with E-state index in [1.807, 2.05) is 6.07 Å². The molecule has 0 aromatic heterocycles. The van der Waals surface area contributed by atoms with E-state index in [-0.39, 0.29) is 5.60 Å². The lowest BCUT2D eigenvalue weighted by atomic mass is 9.67. The van der Waals surface area contributed by atoms with Gasteiger partial charge in [0.25, 0.3) is 0 Å². The lowest BCUT2D eigenvalue weighted by Gasteiger charge is -2.47. The molecule has 2 nitrogen and oxygen atoms in total. The van der Waals surface area contributed by atoms with Crippen LogP contribution in [0.4, 0.5) is 0 Å². The SMILES string of the molecule is CCC(C)CCc1cc(O)c2c(c1)OC(C)(C)[C@@H]1CC=C(C)C[C@@H]21. The summed E-state index contributed by atoms with van der Waals surface area (Å²) in [6, 6.07) is 4.16. The molecule has 0 fully saturated rings. The smallest absolute Gasteiger partial charge is 0.127 e. The molecule has 1 N–H and O–H groups in total. The highest BCUT2D eigenvalue weighted by atomic mass is 16.5. The molecule has 1 aromatic carbocycles. The molecule has 0 saturated heterocycles. The van der Waals surface area contributed by atoms with Gasteiger partial charge in [0.15, 0.2) is 0 Å². The van der Waals surface area contributed by atoms with Gasteiger partial charge in [0, 0.05) is 17.4 Å². The second kappa shape index (κ2) is 6.46. The Hall–Kier alpha value is -1.44. The molecule has 132 valence electrons. The first-order valence-corrected chi connectivity index (χ1v) is 9.52. The molecule has 1 unspecified atom stereocenters. The Morgan fingerprint density at radius 1 is 1.33 bits per heavy atom. The number of phenols is 1. The average Bonchev–Trinajstić information content (AvgIpc) is 2.51. The number of aryl methyl sites for hydroxylation is 1. The van der Waals surface area contributed by atoms with Crippen LogP contribution in [0.25, 0.3) is 0 Å². The molecule has 1 aliphatic heterocycles. The molecular weight excluding hydrogens is 296 g/mol. The van der Waals surface area contributed by atoms with Crippen molar-refractivity contribution in [2.45, 2.75) is 78.2 Å². The Kier molecular flexibility index (Phi) is 4.68. The molecule has 1 aromatic rings. The van der Waals surface area contributed by atoms with E-state index in [4.69, 9.17) is 4.74 Å². The first-order valence-electron chi connectivity index (χ1n) is 9.52. The topological polar surface area (TPSA) is 29.5 Å². The monoisotopic (exact) mass is 328 g/mol. The number of hydrogen-bond acceptors (Lipinski definition) is 2. The van der Waals surface area contributed by atoms with Gasteiger partial charge in [0.05, 0.1) is 0 Å². The van der Waals surface area contributed by atoms with Crippen molar-refractivity contribution in [1.29, 1.82) is 0 Å². The van der Waals surface area contributed by atoms with Gasteiger partial charge in [0.1, 0.15) is 17.1 Å². The second-order valence-electron chi connectivity index (χ2n) is 8.49. The van der Waals surface area contributed by atoms with Gasteiger partial charge in [-0.15, -0.1) is 0 Å². The van der Waals surface area contributed by atoms with E-state index in [0.29, 0.717) is 17.6 Å². The van der Waals surface area contributed by atoms with Crippen molar-refractivity contribution in [1.82, 2.24) is 0 Å². The van der Waals surface area contributed by atoms with Crippen LogP contribution in [0.1, 0.15) is 77.3 Å². The number of benzene rings is 1. The van der Waals surface area contributed by atoms with Gasteiger partial charge in [-0.25, -0.2) is 0 Å².